The first-order chi connectivity index (χ1) is 15.6. The third-order valence-corrected chi connectivity index (χ3v) is 6.23. The number of nitriles is 1. The maximum absolute atomic E-state index is 10.5. The number of nitrogens with zero attached hydrogens (tertiary/aromatic N) is 7. The van der Waals surface area contributed by atoms with Crippen LogP contribution in [0.3, 0.4) is 0 Å². The molecule has 2 aromatic carbocycles. The number of aromatic nitrogens is 6. The lowest BCUT2D eigenvalue weighted by atomic mass is 9.85. The fourth-order valence-corrected chi connectivity index (χ4v) is 4.73. The minimum Gasteiger partial charge on any atom is -0.388 e. The van der Waals surface area contributed by atoms with Gasteiger partial charge in [0.05, 0.1) is 41.0 Å². The van der Waals surface area contributed by atoms with Gasteiger partial charge in [0.25, 0.3) is 0 Å². The Hall–Kier alpha value is -4.09. The fourth-order valence-electron chi connectivity index (χ4n) is 4.73. The number of benzene rings is 2. The van der Waals surface area contributed by atoms with E-state index in [0.717, 1.165) is 45.6 Å². The predicted octanol–water partition coefficient (Wildman–Crippen LogP) is 3.76. The Labute approximate surface area is 183 Å². The van der Waals surface area contributed by atoms with Gasteiger partial charge in [0.1, 0.15) is 17.7 Å². The third-order valence-electron chi connectivity index (χ3n) is 6.23. The van der Waals surface area contributed by atoms with Gasteiger partial charge < -0.3 is 9.67 Å². The summed E-state index contributed by atoms with van der Waals surface area (Å²) in [6, 6.07) is 15.6. The van der Waals surface area contributed by atoms with Gasteiger partial charge in [-0.15, -0.1) is 0 Å². The molecule has 1 aliphatic rings. The van der Waals surface area contributed by atoms with Crippen LogP contribution in [0.1, 0.15) is 47.5 Å². The van der Waals surface area contributed by atoms with Crippen LogP contribution in [0.25, 0.3) is 28.1 Å². The molecule has 32 heavy (non-hydrogen) atoms. The molecule has 0 spiro atoms. The molecular formula is C24H19N7O. The van der Waals surface area contributed by atoms with Gasteiger partial charge in [-0.1, -0.05) is 24.3 Å². The summed E-state index contributed by atoms with van der Waals surface area (Å²) in [7, 11) is 0. The highest BCUT2D eigenvalue weighted by atomic mass is 16.3. The van der Waals surface area contributed by atoms with Crippen molar-refractivity contribution in [3.05, 3.63) is 77.5 Å². The lowest BCUT2D eigenvalue weighted by molar-refractivity contribution is 0.147. The Kier molecular flexibility index (Phi) is 4.06. The monoisotopic (exact) mass is 421 g/mol. The second-order valence-corrected chi connectivity index (χ2v) is 8.08. The molecule has 0 amide bonds. The average molecular weight is 421 g/mol. The molecule has 3 heterocycles. The van der Waals surface area contributed by atoms with Crippen LogP contribution in [0.2, 0.25) is 0 Å². The number of aryl methyl sites for hydroxylation is 1. The molecule has 5 aromatic rings. The predicted molar refractivity (Wildman–Crippen MR) is 118 cm³/mol. The summed E-state index contributed by atoms with van der Waals surface area (Å²) in [5.41, 5.74) is 5.62. The fraction of sp³-hybridized carbons (Fsp3) is 0.208. The second kappa shape index (κ2) is 6.97. The molecule has 156 valence electrons. The summed E-state index contributed by atoms with van der Waals surface area (Å²) in [5.74, 6) is 1.32. The van der Waals surface area contributed by atoms with Gasteiger partial charge in [0, 0.05) is 0 Å². The molecule has 2 unspecified atom stereocenters. The van der Waals surface area contributed by atoms with Crippen LogP contribution in [0.5, 0.6) is 0 Å². The van der Waals surface area contributed by atoms with E-state index in [1.165, 1.54) is 0 Å². The van der Waals surface area contributed by atoms with Gasteiger partial charge in [-0.05, 0) is 49.1 Å². The van der Waals surface area contributed by atoms with Crippen LogP contribution in [0, 0.1) is 18.3 Å². The molecule has 3 aromatic heterocycles. The van der Waals surface area contributed by atoms with E-state index in [9.17, 15) is 10.4 Å². The van der Waals surface area contributed by atoms with Crippen molar-refractivity contribution in [3.8, 4) is 12.0 Å². The smallest absolute Gasteiger partial charge is 0.237 e. The van der Waals surface area contributed by atoms with E-state index in [4.69, 9.17) is 9.97 Å². The molecular weight excluding hydrogens is 402 g/mol. The van der Waals surface area contributed by atoms with Gasteiger partial charge in [-0.2, -0.15) is 10.2 Å². The zero-order valence-electron chi connectivity index (χ0n) is 17.3. The van der Waals surface area contributed by atoms with Crippen LogP contribution < -0.4 is 0 Å². The first kappa shape index (κ1) is 18.7. The van der Waals surface area contributed by atoms with Crippen LogP contribution in [-0.2, 0) is 0 Å². The van der Waals surface area contributed by atoms with E-state index < -0.39 is 6.10 Å². The van der Waals surface area contributed by atoms with Crippen molar-refractivity contribution in [1.29, 1.82) is 5.26 Å². The number of rotatable bonds is 2. The molecule has 1 N–H and O–H groups in total. The molecule has 0 bridgehead atoms. The number of hydrogen-bond acceptors (Lipinski definition) is 6. The second-order valence-electron chi connectivity index (χ2n) is 8.08. The van der Waals surface area contributed by atoms with Gasteiger partial charge in [0.2, 0.25) is 5.95 Å². The average Bonchev–Trinajstić information content (AvgIpc) is 3.39. The molecule has 0 saturated carbocycles. The Balaban J connectivity index is 1.54. The van der Waals surface area contributed by atoms with Gasteiger partial charge in [0.15, 0.2) is 5.65 Å². The van der Waals surface area contributed by atoms with E-state index in [0.29, 0.717) is 17.9 Å². The van der Waals surface area contributed by atoms with Crippen molar-refractivity contribution in [1.82, 2.24) is 29.1 Å². The van der Waals surface area contributed by atoms with Crippen molar-refractivity contribution in [2.24, 2.45) is 0 Å². The molecule has 2 atom stereocenters. The van der Waals surface area contributed by atoms with Crippen molar-refractivity contribution in [2.75, 3.05) is 0 Å². The van der Waals surface area contributed by atoms with Crippen LogP contribution in [0.4, 0.5) is 0 Å². The minimum absolute atomic E-state index is 0.0343. The Morgan fingerprint density at radius 3 is 2.72 bits per heavy atom. The van der Waals surface area contributed by atoms with Crippen LogP contribution in [0.15, 0.2) is 55.0 Å². The standard InChI is InChI=1S/C24H19N7O/c1-14-28-19-12-26-24(30-13-27-18-7-6-15(11-25)10-21(18)30)29-23(19)31(14)20-8-9-22(32)17-5-3-2-4-16(17)20/h2-7,10,12-13,20,22,32H,8-9H2,1H3. The topological polar surface area (TPSA) is 105 Å². The maximum atomic E-state index is 10.5. The number of hydrogen-bond donors (Lipinski definition) is 1. The highest BCUT2D eigenvalue weighted by molar-refractivity contribution is 5.79. The molecule has 8 heteroatoms. The highest BCUT2D eigenvalue weighted by Crippen LogP contribution is 2.40. The summed E-state index contributed by atoms with van der Waals surface area (Å²) < 4.78 is 3.94. The van der Waals surface area contributed by atoms with E-state index in [1.807, 2.05) is 31.2 Å². The maximum Gasteiger partial charge on any atom is 0.237 e. The molecule has 0 aliphatic heterocycles. The number of fused-ring (bicyclic) bond motifs is 3. The molecule has 0 fully saturated rings. The summed E-state index contributed by atoms with van der Waals surface area (Å²) in [6.45, 7) is 1.97. The summed E-state index contributed by atoms with van der Waals surface area (Å²) in [6.07, 6.45) is 4.43. The van der Waals surface area contributed by atoms with E-state index in [1.54, 1.807) is 29.2 Å². The molecule has 0 saturated heterocycles. The number of imidazole rings is 2. The quantitative estimate of drug-likeness (QED) is 0.465. The van der Waals surface area contributed by atoms with Crippen LogP contribution in [-0.4, -0.2) is 34.2 Å². The normalized spacial score (nSPS) is 18.0. The highest BCUT2D eigenvalue weighted by Gasteiger charge is 2.29. The first-order valence-corrected chi connectivity index (χ1v) is 10.5. The Bertz CT molecular complexity index is 1540. The minimum atomic E-state index is -0.450. The summed E-state index contributed by atoms with van der Waals surface area (Å²) in [4.78, 5) is 18.5. The Morgan fingerprint density at radius 1 is 1.03 bits per heavy atom. The molecule has 1 aliphatic carbocycles. The van der Waals surface area contributed by atoms with Gasteiger partial charge >= 0.3 is 0 Å². The number of aliphatic hydroxyl groups excluding tert-OH is 1. The zero-order chi connectivity index (χ0) is 21.8. The van der Waals surface area contributed by atoms with Crippen molar-refractivity contribution >= 4 is 22.2 Å². The number of aliphatic hydroxyl groups is 1. The van der Waals surface area contributed by atoms with Crippen molar-refractivity contribution < 1.29 is 5.11 Å². The lowest BCUT2D eigenvalue weighted by Gasteiger charge is -2.30. The first-order valence-electron chi connectivity index (χ1n) is 10.5. The van der Waals surface area contributed by atoms with Crippen molar-refractivity contribution in [3.63, 3.8) is 0 Å². The SMILES string of the molecule is Cc1nc2cnc(-n3cnc4ccc(C#N)cc43)nc2n1C1CCC(O)c2ccccc21. The molecule has 8 nitrogen and oxygen atoms in total. The van der Waals surface area contributed by atoms with E-state index in [2.05, 4.69) is 26.7 Å². The van der Waals surface area contributed by atoms with Gasteiger partial charge in [-0.25, -0.2) is 15.0 Å². The lowest BCUT2D eigenvalue weighted by Crippen LogP contribution is -2.21. The van der Waals surface area contributed by atoms with E-state index in [-0.39, 0.29) is 6.04 Å². The van der Waals surface area contributed by atoms with Gasteiger partial charge in [-0.3, -0.25) is 4.57 Å². The van der Waals surface area contributed by atoms with E-state index >= 15 is 0 Å². The van der Waals surface area contributed by atoms with Crippen molar-refractivity contribution in [2.45, 2.75) is 31.9 Å². The molecule has 0 radical (unpaired) electrons. The summed E-state index contributed by atoms with van der Waals surface area (Å²) in [5, 5.41) is 19.8. The summed E-state index contributed by atoms with van der Waals surface area (Å²) >= 11 is 0. The largest absolute Gasteiger partial charge is 0.388 e. The van der Waals surface area contributed by atoms with Crippen LogP contribution >= 0.6 is 0 Å². The molecule has 6 rings (SSSR count). The Morgan fingerprint density at radius 2 is 1.88 bits per heavy atom. The third kappa shape index (κ3) is 2.72. The zero-order valence-corrected chi connectivity index (χ0v) is 17.3.